The van der Waals surface area contributed by atoms with Crippen LogP contribution in [-0.4, -0.2) is 25.1 Å². The predicted molar refractivity (Wildman–Crippen MR) is 152 cm³/mol. The van der Waals surface area contributed by atoms with Gasteiger partial charge in [0.25, 0.3) is 0 Å². The molecule has 0 saturated heterocycles. The molecule has 2 N–H and O–H groups in total. The number of rotatable bonds is 10. The van der Waals surface area contributed by atoms with Crippen molar-refractivity contribution >= 4 is 16.8 Å². The van der Waals surface area contributed by atoms with Crippen LogP contribution < -0.4 is 14.8 Å². The number of ether oxygens (including phenoxy) is 2. The molecular weight excluding hydrogens is 472 g/mol. The number of H-pyrrole nitrogens is 1. The van der Waals surface area contributed by atoms with Gasteiger partial charge < -0.3 is 19.8 Å². The first-order valence-electron chi connectivity index (χ1n) is 12.8. The van der Waals surface area contributed by atoms with Gasteiger partial charge in [-0.15, -0.1) is 0 Å². The summed E-state index contributed by atoms with van der Waals surface area (Å²) in [5, 5.41) is 4.44. The van der Waals surface area contributed by atoms with Crippen LogP contribution in [0.1, 0.15) is 40.6 Å². The summed E-state index contributed by atoms with van der Waals surface area (Å²) in [5.41, 5.74) is 5.36. The van der Waals surface area contributed by atoms with E-state index in [1.165, 1.54) is 5.56 Å². The smallest absolute Gasteiger partial charge is 0.221 e. The lowest BCUT2D eigenvalue weighted by molar-refractivity contribution is -0.122. The fourth-order valence-corrected chi connectivity index (χ4v) is 5.09. The average molecular weight is 505 g/mol. The van der Waals surface area contributed by atoms with Crippen LogP contribution in [0.2, 0.25) is 0 Å². The normalized spacial score (nSPS) is 12.6. The summed E-state index contributed by atoms with van der Waals surface area (Å²) in [7, 11) is 3.25. The van der Waals surface area contributed by atoms with Crippen molar-refractivity contribution < 1.29 is 14.3 Å². The Kier molecular flexibility index (Phi) is 7.74. The number of carbonyl (C=O) groups excluding carboxylic acids is 1. The van der Waals surface area contributed by atoms with Gasteiger partial charge in [-0.2, -0.15) is 0 Å². The molecule has 0 aliphatic heterocycles. The maximum Gasteiger partial charge on any atom is 0.221 e. The summed E-state index contributed by atoms with van der Waals surface area (Å²) in [6, 6.07) is 34.3. The third kappa shape index (κ3) is 5.57. The van der Waals surface area contributed by atoms with E-state index in [9.17, 15) is 4.79 Å². The van der Waals surface area contributed by atoms with E-state index in [1.54, 1.807) is 14.2 Å². The number of hydrogen-bond donors (Lipinski definition) is 2. The molecule has 0 radical (unpaired) electrons. The first-order chi connectivity index (χ1) is 18.7. The van der Waals surface area contributed by atoms with E-state index >= 15 is 0 Å². The van der Waals surface area contributed by atoms with Gasteiger partial charge in [0.15, 0.2) is 11.5 Å². The van der Waals surface area contributed by atoms with E-state index in [0.717, 1.165) is 27.6 Å². The van der Waals surface area contributed by atoms with E-state index in [-0.39, 0.29) is 24.3 Å². The van der Waals surface area contributed by atoms with Crippen LogP contribution in [0.25, 0.3) is 10.9 Å². The molecule has 5 nitrogen and oxygen atoms in total. The maximum atomic E-state index is 13.7. The lowest BCUT2D eigenvalue weighted by atomic mass is 9.87. The molecule has 192 valence electrons. The molecule has 0 saturated carbocycles. The van der Waals surface area contributed by atoms with Gasteiger partial charge >= 0.3 is 0 Å². The highest BCUT2D eigenvalue weighted by molar-refractivity contribution is 5.86. The number of hydrogen-bond acceptors (Lipinski definition) is 3. The summed E-state index contributed by atoms with van der Waals surface area (Å²) in [6.07, 6.45) is 3.01. The molecule has 0 aliphatic rings. The Balaban J connectivity index is 1.47. The molecule has 5 aromatic rings. The molecule has 0 aliphatic carbocycles. The second kappa shape index (κ2) is 11.7. The second-order valence-electron chi connectivity index (χ2n) is 9.38. The van der Waals surface area contributed by atoms with E-state index < -0.39 is 0 Å². The summed E-state index contributed by atoms with van der Waals surface area (Å²) >= 11 is 0. The molecule has 0 fully saturated rings. The largest absolute Gasteiger partial charge is 0.493 e. The zero-order valence-electron chi connectivity index (χ0n) is 21.7. The van der Waals surface area contributed by atoms with Gasteiger partial charge in [-0.25, -0.2) is 0 Å². The van der Waals surface area contributed by atoms with Crippen LogP contribution >= 0.6 is 0 Å². The standard InChI is InChI=1S/C33H32N2O3/c1-37-31-18-17-25(20-32(31)38-2)27(28-22-34-29-16-10-9-15-26(28)29)21-33(36)35-30(24-13-7-4-8-14-24)19-23-11-5-3-6-12-23/h3-18,20,22,27,30,34H,19,21H2,1-2H3,(H,35,36)/t27-,30+/m1/s1. The number of aromatic nitrogens is 1. The molecule has 0 bridgehead atoms. The zero-order valence-corrected chi connectivity index (χ0v) is 21.7. The highest BCUT2D eigenvalue weighted by atomic mass is 16.5. The van der Waals surface area contributed by atoms with Crippen molar-refractivity contribution in [1.82, 2.24) is 10.3 Å². The molecule has 5 heteroatoms. The Morgan fingerprint density at radius 1 is 0.789 bits per heavy atom. The maximum absolute atomic E-state index is 13.7. The third-order valence-electron chi connectivity index (χ3n) is 7.02. The van der Waals surface area contributed by atoms with Crippen molar-refractivity contribution in [3.8, 4) is 11.5 Å². The van der Waals surface area contributed by atoms with Crippen LogP contribution in [0, 0.1) is 0 Å². The number of fused-ring (bicyclic) bond motifs is 1. The number of para-hydroxylation sites is 1. The number of nitrogens with one attached hydrogen (secondary N) is 2. The molecule has 38 heavy (non-hydrogen) atoms. The van der Waals surface area contributed by atoms with Crippen molar-refractivity contribution in [1.29, 1.82) is 0 Å². The molecule has 2 atom stereocenters. The second-order valence-corrected chi connectivity index (χ2v) is 9.38. The lowest BCUT2D eigenvalue weighted by Crippen LogP contribution is -2.31. The summed E-state index contributed by atoms with van der Waals surface area (Å²) in [4.78, 5) is 17.1. The monoisotopic (exact) mass is 504 g/mol. The van der Waals surface area contributed by atoms with Gasteiger partial charge in [-0.05, 0) is 46.9 Å². The molecule has 0 spiro atoms. The van der Waals surface area contributed by atoms with Gasteiger partial charge in [0.1, 0.15) is 0 Å². The number of methoxy groups -OCH3 is 2. The Labute approximate surface area is 223 Å². The molecular formula is C33H32N2O3. The number of amides is 1. The van der Waals surface area contributed by atoms with Crippen molar-refractivity contribution in [3.05, 3.63) is 132 Å². The van der Waals surface area contributed by atoms with Crippen LogP contribution in [0.5, 0.6) is 11.5 Å². The Morgan fingerprint density at radius 3 is 2.21 bits per heavy atom. The van der Waals surface area contributed by atoms with Crippen molar-refractivity contribution in [3.63, 3.8) is 0 Å². The van der Waals surface area contributed by atoms with E-state index in [2.05, 4.69) is 46.7 Å². The first-order valence-corrected chi connectivity index (χ1v) is 12.8. The van der Waals surface area contributed by atoms with Crippen molar-refractivity contribution in [2.75, 3.05) is 14.2 Å². The Hall–Kier alpha value is -4.51. The fraction of sp³-hybridized carbons (Fsp3) is 0.182. The van der Waals surface area contributed by atoms with Gasteiger partial charge in [0.2, 0.25) is 5.91 Å². The quantitative estimate of drug-likeness (QED) is 0.220. The van der Waals surface area contributed by atoms with Crippen LogP contribution in [0.3, 0.4) is 0 Å². The van der Waals surface area contributed by atoms with E-state index in [1.807, 2.05) is 72.9 Å². The third-order valence-corrected chi connectivity index (χ3v) is 7.02. The van der Waals surface area contributed by atoms with Gasteiger partial charge in [-0.1, -0.05) is 84.9 Å². The summed E-state index contributed by atoms with van der Waals surface area (Å²) in [5.74, 6) is 1.10. The number of aromatic amines is 1. The number of carbonyl (C=O) groups is 1. The van der Waals surface area contributed by atoms with Gasteiger partial charge in [-0.3, -0.25) is 4.79 Å². The first kappa shape index (κ1) is 25.2. The predicted octanol–water partition coefficient (Wildman–Crippen LogP) is 6.81. The Morgan fingerprint density at radius 2 is 1.47 bits per heavy atom. The molecule has 0 unspecified atom stereocenters. The SMILES string of the molecule is COc1ccc([C@@H](CC(=O)N[C@@H](Cc2ccccc2)c2ccccc2)c2c[nH]c3ccccc23)cc1OC. The summed E-state index contributed by atoms with van der Waals surface area (Å²) < 4.78 is 11.1. The van der Waals surface area contributed by atoms with E-state index in [0.29, 0.717) is 17.9 Å². The van der Waals surface area contributed by atoms with Gasteiger partial charge in [0.05, 0.1) is 20.3 Å². The summed E-state index contributed by atoms with van der Waals surface area (Å²) in [6.45, 7) is 0. The minimum absolute atomic E-state index is 0.0140. The Bertz CT molecular complexity index is 1500. The molecule has 4 aromatic carbocycles. The lowest BCUT2D eigenvalue weighted by Gasteiger charge is -2.23. The highest BCUT2D eigenvalue weighted by Gasteiger charge is 2.24. The zero-order chi connectivity index (χ0) is 26.3. The fourth-order valence-electron chi connectivity index (χ4n) is 5.09. The number of benzene rings is 4. The minimum atomic E-state index is -0.181. The van der Waals surface area contributed by atoms with Crippen LogP contribution in [-0.2, 0) is 11.2 Å². The molecule has 1 aromatic heterocycles. The molecule has 5 rings (SSSR count). The van der Waals surface area contributed by atoms with Crippen LogP contribution in [0.15, 0.2) is 109 Å². The minimum Gasteiger partial charge on any atom is -0.493 e. The molecule has 1 amide bonds. The van der Waals surface area contributed by atoms with E-state index in [4.69, 9.17) is 9.47 Å². The average Bonchev–Trinajstić information content (AvgIpc) is 3.40. The van der Waals surface area contributed by atoms with Gasteiger partial charge in [0, 0.05) is 29.4 Å². The topological polar surface area (TPSA) is 63.3 Å². The molecule has 1 heterocycles. The van der Waals surface area contributed by atoms with Crippen molar-refractivity contribution in [2.24, 2.45) is 0 Å². The van der Waals surface area contributed by atoms with Crippen molar-refractivity contribution in [2.45, 2.75) is 24.8 Å². The highest BCUT2D eigenvalue weighted by Crippen LogP contribution is 2.38. The van der Waals surface area contributed by atoms with Crippen LogP contribution in [0.4, 0.5) is 0 Å².